The van der Waals surface area contributed by atoms with Gasteiger partial charge in [-0.1, -0.05) is 6.07 Å². The maximum absolute atomic E-state index is 13.4. The highest BCUT2D eigenvalue weighted by Gasteiger charge is 2.05. The Kier molecular flexibility index (Phi) is 7.32. The number of anilines is 1. The molecule has 0 aliphatic heterocycles. The third kappa shape index (κ3) is 5.44. The molecule has 0 aliphatic carbocycles. The molecule has 4 nitrogen and oxygen atoms in total. The maximum atomic E-state index is 13.4. The molecule has 0 saturated carbocycles. The van der Waals surface area contributed by atoms with Crippen LogP contribution in [-0.2, 0) is 20.8 Å². The molecule has 0 fully saturated rings. The zero-order chi connectivity index (χ0) is 13.2. The van der Waals surface area contributed by atoms with Crippen molar-refractivity contribution in [2.24, 2.45) is 0 Å². The van der Waals surface area contributed by atoms with Gasteiger partial charge in [-0.25, -0.2) is 4.39 Å². The first-order chi connectivity index (χ1) is 8.75. The van der Waals surface area contributed by atoms with Crippen LogP contribution in [0.1, 0.15) is 12.0 Å². The number of methoxy groups -OCH3 is 1. The van der Waals surface area contributed by atoms with Crippen molar-refractivity contribution in [2.75, 3.05) is 39.3 Å². The van der Waals surface area contributed by atoms with Crippen molar-refractivity contribution in [2.45, 2.75) is 13.0 Å². The molecule has 2 N–H and O–H groups in total. The van der Waals surface area contributed by atoms with E-state index >= 15 is 0 Å². The Bertz CT molecular complexity index is 327. The monoisotopic (exact) mass is 257 g/mol. The van der Waals surface area contributed by atoms with Gasteiger partial charge in [0.15, 0.2) is 0 Å². The van der Waals surface area contributed by atoms with Gasteiger partial charge in [0.2, 0.25) is 0 Å². The Balaban J connectivity index is 2.11. The van der Waals surface area contributed by atoms with Crippen LogP contribution in [0.4, 0.5) is 10.1 Å². The molecule has 0 saturated heterocycles. The van der Waals surface area contributed by atoms with E-state index in [2.05, 4.69) is 0 Å². The average molecular weight is 257 g/mol. The molecule has 102 valence electrons. The molecule has 0 atom stereocenters. The lowest BCUT2D eigenvalue weighted by molar-refractivity contribution is 0.0480. The Morgan fingerprint density at radius 3 is 2.61 bits per heavy atom. The van der Waals surface area contributed by atoms with E-state index in [1.165, 1.54) is 6.07 Å². The molecule has 0 amide bonds. The molecule has 0 bridgehead atoms. The minimum Gasteiger partial charge on any atom is -0.398 e. The number of benzene rings is 1. The first-order valence-corrected chi connectivity index (χ1v) is 5.93. The summed E-state index contributed by atoms with van der Waals surface area (Å²) in [6.45, 7) is 2.48. The van der Waals surface area contributed by atoms with Crippen LogP contribution in [0.3, 0.4) is 0 Å². The predicted octanol–water partition coefficient (Wildman–Crippen LogP) is 1.98. The second-order valence-corrected chi connectivity index (χ2v) is 3.82. The number of nitrogens with two attached hydrogens (primary N) is 1. The summed E-state index contributed by atoms with van der Waals surface area (Å²) < 4.78 is 28.8. The van der Waals surface area contributed by atoms with Crippen LogP contribution in [0.5, 0.6) is 0 Å². The van der Waals surface area contributed by atoms with Crippen molar-refractivity contribution in [3.8, 4) is 0 Å². The van der Waals surface area contributed by atoms with Crippen molar-refractivity contribution in [1.29, 1.82) is 0 Å². The zero-order valence-corrected chi connectivity index (χ0v) is 10.7. The highest BCUT2D eigenvalue weighted by Crippen LogP contribution is 2.16. The van der Waals surface area contributed by atoms with E-state index in [4.69, 9.17) is 19.9 Å². The normalized spacial score (nSPS) is 10.8. The smallest absolute Gasteiger partial charge is 0.130 e. The summed E-state index contributed by atoms with van der Waals surface area (Å²) in [7, 11) is 1.63. The van der Waals surface area contributed by atoms with E-state index in [0.29, 0.717) is 37.7 Å². The maximum Gasteiger partial charge on any atom is 0.130 e. The highest BCUT2D eigenvalue weighted by molar-refractivity contribution is 5.46. The molecule has 0 aliphatic rings. The van der Waals surface area contributed by atoms with Crippen LogP contribution in [0.15, 0.2) is 18.2 Å². The molecule has 0 aromatic heterocycles. The van der Waals surface area contributed by atoms with Crippen molar-refractivity contribution in [3.05, 3.63) is 29.6 Å². The van der Waals surface area contributed by atoms with E-state index in [9.17, 15) is 4.39 Å². The summed E-state index contributed by atoms with van der Waals surface area (Å²) >= 11 is 0. The molecule has 0 heterocycles. The second-order valence-electron chi connectivity index (χ2n) is 3.82. The molecular formula is C13H20FNO3. The number of ether oxygens (including phenoxy) is 3. The Morgan fingerprint density at radius 2 is 1.89 bits per heavy atom. The molecule has 0 spiro atoms. The minimum absolute atomic E-state index is 0.191. The van der Waals surface area contributed by atoms with Gasteiger partial charge in [0.05, 0.1) is 19.8 Å². The summed E-state index contributed by atoms with van der Waals surface area (Å²) in [5, 5.41) is 0. The van der Waals surface area contributed by atoms with Gasteiger partial charge >= 0.3 is 0 Å². The Hall–Kier alpha value is -1.17. The van der Waals surface area contributed by atoms with Crippen LogP contribution in [-0.4, -0.2) is 33.5 Å². The van der Waals surface area contributed by atoms with E-state index in [-0.39, 0.29) is 12.4 Å². The summed E-state index contributed by atoms with van der Waals surface area (Å²) in [5.74, 6) is -0.327. The number of hydrogen-bond acceptors (Lipinski definition) is 4. The lowest BCUT2D eigenvalue weighted by Crippen LogP contribution is -2.06. The summed E-state index contributed by atoms with van der Waals surface area (Å²) in [6.07, 6.45) is 0.762. The quantitative estimate of drug-likeness (QED) is 0.543. The fraction of sp³-hybridized carbons (Fsp3) is 0.538. The highest BCUT2D eigenvalue weighted by atomic mass is 19.1. The molecular weight excluding hydrogens is 237 g/mol. The van der Waals surface area contributed by atoms with E-state index < -0.39 is 0 Å². The van der Waals surface area contributed by atoms with Crippen molar-refractivity contribution < 1.29 is 18.6 Å². The standard InChI is InChI=1S/C13H20FNO3/c1-16-8-9-17-6-3-7-18-10-11-12(14)4-2-5-13(11)15/h2,4-5H,3,6-10,15H2,1H3. The molecule has 5 heteroatoms. The lowest BCUT2D eigenvalue weighted by Gasteiger charge is -2.08. The molecule has 0 unspecified atom stereocenters. The SMILES string of the molecule is COCCOCCCOCc1c(N)cccc1F. The Labute approximate surface area is 107 Å². The van der Waals surface area contributed by atoms with Crippen molar-refractivity contribution >= 4 is 5.69 Å². The van der Waals surface area contributed by atoms with E-state index in [1.807, 2.05) is 0 Å². The van der Waals surface area contributed by atoms with Gasteiger partial charge in [0.1, 0.15) is 5.82 Å². The summed E-state index contributed by atoms with van der Waals surface area (Å²) in [4.78, 5) is 0. The number of halogens is 1. The topological polar surface area (TPSA) is 53.7 Å². The number of nitrogen functional groups attached to an aromatic ring is 1. The van der Waals surface area contributed by atoms with Gasteiger partial charge in [-0.05, 0) is 18.6 Å². The lowest BCUT2D eigenvalue weighted by atomic mass is 10.2. The zero-order valence-electron chi connectivity index (χ0n) is 10.7. The van der Waals surface area contributed by atoms with Crippen LogP contribution in [0.25, 0.3) is 0 Å². The first kappa shape index (κ1) is 14.9. The van der Waals surface area contributed by atoms with Crippen LogP contribution >= 0.6 is 0 Å². The van der Waals surface area contributed by atoms with Gasteiger partial charge in [0, 0.05) is 31.6 Å². The third-order valence-electron chi connectivity index (χ3n) is 2.41. The van der Waals surface area contributed by atoms with E-state index in [1.54, 1.807) is 19.2 Å². The van der Waals surface area contributed by atoms with Crippen LogP contribution < -0.4 is 5.73 Å². The van der Waals surface area contributed by atoms with Gasteiger partial charge < -0.3 is 19.9 Å². The van der Waals surface area contributed by atoms with Gasteiger partial charge in [-0.15, -0.1) is 0 Å². The van der Waals surface area contributed by atoms with Gasteiger partial charge in [0.25, 0.3) is 0 Å². The first-order valence-electron chi connectivity index (χ1n) is 5.93. The fourth-order valence-electron chi connectivity index (χ4n) is 1.41. The van der Waals surface area contributed by atoms with E-state index in [0.717, 1.165) is 6.42 Å². The predicted molar refractivity (Wildman–Crippen MR) is 67.8 cm³/mol. The summed E-state index contributed by atoms with van der Waals surface area (Å²) in [5.41, 5.74) is 6.50. The van der Waals surface area contributed by atoms with Crippen molar-refractivity contribution in [3.63, 3.8) is 0 Å². The van der Waals surface area contributed by atoms with Gasteiger partial charge in [-0.3, -0.25) is 0 Å². The number of rotatable bonds is 9. The average Bonchev–Trinajstić information content (AvgIpc) is 2.35. The number of hydrogen-bond donors (Lipinski definition) is 1. The minimum atomic E-state index is -0.327. The molecule has 1 rings (SSSR count). The fourth-order valence-corrected chi connectivity index (χ4v) is 1.41. The molecule has 0 radical (unpaired) electrons. The van der Waals surface area contributed by atoms with Gasteiger partial charge in [-0.2, -0.15) is 0 Å². The van der Waals surface area contributed by atoms with Crippen LogP contribution in [0.2, 0.25) is 0 Å². The molecule has 1 aromatic rings. The van der Waals surface area contributed by atoms with Crippen LogP contribution in [0, 0.1) is 5.82 Å². The van der Waals surface area contributed by atoms with Crippen molar-refractivity contribution in [1.82, 2.24) is 0 Å². The second kappa shape index (κ2) is 8.85. The Morgan fingerprint density at radius 1 is 1.11 bits per heavy atom. The summed E-state index contributed by atoms with van der Waals surface area (Å²) in [6, 6.07) is 4.62. The molecule has 1 aromatic carbocycles. The largest absolute Gasteiger partial charge is 0.398 e. The molecule has 18 heavy (non-hydrogen) atoms. The third-order valence-corrected chi connectivity index (χ3v) is 2.41.